The maximum absolute atomic E-state index is 12.7. The molecule has 142 valence electrons. The number of methoxy groups -OCH3 is 1. The van der Waals surface area contributed by atoms with Gasteiger partial charge in [-0.15, -0.1) is 0 Å². The van der Waals surface area contributed by atoms with Crippen LogP contribution in [0.5, 0.6) is 11.5 Å². The standard InChI is InChI=1S/C22H25NO4/c1-25-17-6-4-5-16(13-17)14-21(24)23-19-15-22(9-11-26-12-10-22)27-20-8-3-2-7-18(19)20/h2-8,13,19H,9-12,14-15H2,1H3,(H,23,24)/t19-/m0/s1. The van der Waals surface area contributed by atoms with Crippen molar-refractivity contribution in [1.29, 1.82) is 0 Å². The molecule has 1 spiro atoms. The van der Waals surface area contributed by atoms with Crippen LogP contribution in [0.2, 0.25) is 0 Å². The largest absolute Gasteiger partial charge is 0.497 e. The highest BCUT2D eigenvalue weighted by atomic mass is 16.5. The Hall–Kier alpha value is -2.53. The molecule has 0 saturated carbocycles. The molecule has 5 nitrogen and oxygen atoms in total. The van der Waals surface area contributed by atoms with Crippen LogP contribution in [0.3, 0.4) is 0 Å². The number of rotatable bonds is 4. The lowest BCUT2D eigenvalue weighted by molar-refractivity contribution is -0.122. The zero-order valence-corrected chi connectivity index (χ0v) is 15.6. The fourth-order valence-corrected chi connectivity index (χ4v) is 4.01. The third kappa shape index (κ3) is 3.93. The Bertz CT molecular complexity index is 813. The van der Waals surface area contributed by atoms with E-state index in [-0.39, 0.29) is 17.6 Å². The zero-order chi connectivity index (χ0) is 18.7. The molecular weight excluding hydrogens is 342 g/mol. The molecule has 1 atom stereocenters. The highest BCUT2D eigenvalue weighted by molar-refractivity contribution is 5.79. The van der Waals surface area contributed by atoms with Gasteiger partial charge in [0.25, 0.3) is 0 Å². The number of amides is 1. The van der Waals surface area contributed by atoms with Crippen LogP contribution in [0.4, 0.5) is 0 Å². The molecule has 2 aromatic carbocycles. The number of benzene rings is 2. The van der Waals surface area contributed by atoms with Crippen molar-refractivity contribution < 1.29 is 19.0 Å². The van der Waals surface area contributed by atoms with Crippen LogP contribution >= 0.6 is 0 Å². The third-order valence-electron chi connectivity index (χ3n) is 5.44. The number of para-hydroxylation sites is 1. The van der Waals surface area contributed by atoms with E-state index >= 15 is 0 Å². The number of nitrogens with one attached hydrogen (secondary N) is 1. The second-order valence-corrected chi connectivity index (χ2v) is 7.29. The van der Waals surface area contributed by atoms with Crippen LogP contribution in [-0.2, 0) is 16.0 Å². The maximum atomic E-state index is 12.7. The molecule has 0 bridgehead atoms. The molecule has 2 aliphatic rings. The summed E-state index contributed by atoms with van der Waals surface area (Å²) in [7, 11) is 1.63. The van der Waals surface area contributed by atoms with Crippen molar-refractivity contribution in [3.05, 3.63) is 59.7 Å². The lowest BCUT2D eigenvalue weighted by atomic mass is 9.82. The van der Waals surface area contributed by atoms with E-state index in [1.54, 1.807) is 7.11 Å². The molecule has 2 heterocycles. The van der Waals surface area contributed by atoms with Gasteiger partial charge in [-0.1, -0.05) is 30.3 Å². The fraction of sp³-hybridized carbons (Fsp3) is 0.409. The van der Waals surface area contributed by atoms with Crippen LogP contribution < -0.4 is 14.8 Å². The van der Waals surface area contributed by atoms with Crippen molar-refractivity contribution in [2.75, 3.05) is 20.3 Å². The van der Waals surface area contributed by atoms with E-state index < -0.39 is 0 Å². The molecule has 4 rings (SSSR count). The molecule has 0 aromatic heterocycles. The van der Waals surface area contributed by atoms with E-state index in [4.69, 9.17) is 14.2 Å². The number of fused-ring (bicyclic) bond motifs is 1. The Morgan fingerprint density at radius 1 is 1.19 bits per heavy atom. The van der Waals surface area contributed by atoms with Crippen LogP contribution in [0, 0.1) is 0 Å². The van der Waals surface area contributed by atoms with Crippen LogP contribution in [0.25, 0.3) is 0 Å². The predicted molar refractivity (Wildman–Crippen MR) is 102 cm³/mol. The van der Waals surface area contributed by atoms with Crippen molar-refractivity contribution in [3.8, 4) is 11.5 Å². The number of hydrogen-bond acceptors (Lipinski definition) is 4. The monoisotopic (exact) mass is 367 g/mol. The van der Waals surface area contributed by atoms with Crippen molar-refractivity contribution in [1.82, 2.24) is 5.32 Å². The number of hydrogen-bond donors (Lipinski definition) is 1. The van der Waals surface area contributed by atoms with Gasteiger partial charge >= 0.3 is 0 Å². The SMILES string of the molecule is COc1cccc(CC(=O)N[C@H]2CC3(CCOCC3)Oc3ccccc32)c1. The van der Waals surface area contributed by atoms with Crippen molar-refractivity contribution >= 4 is 5.91 Å². The summed E-state index contributed by atoms with van der Waals surface area (Å²) in [5.41, 5.74) is 1.74. The first-order chi connectivity index (χ1) is 13.2. The Morgan fingerprint density at radius 2 is 2.00 bits per heavy atom. The van der Waals surface area contributed by atoms with Gasteiger partial charge in [0.15, 0.2) is 0 Å². The quantitative estimate of drug-likeness (QED) is 0.900. The normalized spacial score (nSPS) is 20.4. The van der Waals surface area contributed by atoms with Crippen molar-refractivity contribution in [2.45, 2.75) is 37.3 Å². The van der Waals surface area contributed by atoms with Gasteiger partial charge in [0, 0.05) is 24.8 Å². The van der Waals surface area contributed by atoms with Gasteiger partial charge in [0.1, 0.15) is 17.1 Å². The Kier molecular flexibility index (Phi) is 5.03. The molecule has 27 heavy (non-hydrogen) atoms. The molecule has 0 radical (unpaired) electrons. The van der Waals surface area contributed by atoms with Gasteiger partial charge in [-0.3, -0.25) is 4.79 Å². The van der Waals surface area contributed by atoms with E-state index in [9.17, 15) is 4.79 Å². The van der Waals surface area contributed by atoms with E-state index in [0.717, 1.165) is 41.9 Å². The highest BCUT2D eigenvalue weighted by Gasteiger charge is 2.42. The number of ether oxygens (including phenoxy) is 3. The fourth-order valence-electron chi connectivity index (χ4n) is 4.01. The van der Waals surface area contributed by atoms with E-state index in [2.05, 4.69) is 5.32 Å². The number of carbonyl (C=O) groups excluding carboxylic acids is 1. The zero-order valence-electron chi connectivity index (χ0n) is 15.6. The topological polar surface area (TPSA) is 56.8 Å². The molecular formula is C22H25NO4. The Morgan fingerprint density at radius 3 is 2.81 bits per heavy atom. The second kappa shape index (κ2) is 7.61. The van der Waals surface area contributed by atoms with Gasteiger partial charge in [0.05, 0.1) is 32.8 Å². The molecule has 2 aliphatic heterocycles. The molecule has 1 amide bonds. The van der Waals surface area contributed by atoms with Crippen LogP contribution in [0.1, 0.15) is 36.4 Å². The first-order valence-corrected chi connectivity index (χ1v) is 9.45. The van der Waals surface area contributed by atoms with E-state index in [0.29, 0.717) is 19.6 Å². The Labute approximate surface area is 159 Å². The summed E-state index contributed by atoms with van der Waals surface area (Å²) in [4.78, 5) is 12.7. The van der Waals surface area contributed by atoms with E-state index in [1.165, 1.54) is 0 Å². The lowest BCUT2D eigenvalue weighted by Crippen LogP contribution is -2.48. The van der Waals surface area contributed by atoms with Gasteiger partial charge in [-0.05, 0) is 23.8 Å². The lowest BCUT2D eigenvalue weighted by Gasteiger charge is -2.44. The molecule has 1 N–H and O–H groups in total. The average Bonchev–Trinajstić information content (AvgIpc) is 2.68. The predicted octanol–water partition coefficient (Wildman–Crippen LogP) is 3.43. The summed E-state index contributed by atoms with van der Waals surface area (Å²) < 4.78 is 17.1. The third-order valence-corrected chi connectivity index (χ3v) is 5.44. The van der Waals surface area contributed by atoms with Gasteiger partial charge < -0.3 is 19.5 Å². The highest BCUT2D eigenvalue weighted by Crippen LogP contribution is 2.43. The molecule has 1 fully saturated rings. The molecule has 5 heteroatoms. The summed E-state index contributed by atoms with van der Waals surface area (Å²) >= 11 is 0. The average molecular weight is 367 g/mol. The first kappa shape index (κ1) is 17.9. The smallest absolute Gasteiger partial charge is 0.224 e. The number of carbonyl (C=O) groups is 1. The minimum atomic E-state index is -0.249. The summed E-state index contributed by atoms with van der Waals surface area (Å²) in [6.07, 6.45) is 2.80. The van der Waals surface area contributed by atoms with Crippen molar-refractivity contribution in [2.24, 2.45) is 0 Å². The van der Waals surface area contributed by atoms with Crippen LogP contribution in [0.15, 0.2) is 48.5 Å². The minimum Gasteiger partial charge on any atom is -0.497 e. The van der Waals surface area contributed by atoms with Crippen molar-refractivity contribution in [3.63, 3.8) is 0 Å². The minimum absolute atomic E-state index is 0.00663. The molecule has 1 saturated heterocycles. The molecule has 2 aromatic rings. The van der Waals surface area contributed by atoms with Gasteiger partial charge in [0.2, 0.25) is 5.91 Å². The Balaban J connectivity index is 1.51. The van der Waals surface area contributed by atoms with Crippen LogP contribution in [-0.4, -0.2) is 31.8 Å². The van der Waals surface area contributed by atoms with E-state index in [1.807, 2.05) is 48.5 Å². The summed E-state index contributed by atoms with van der Waals surface area (Å²) in [6, 6.07) is 15.6. The summed E-state index contributed by atoms with van der Waals surface area (Å²) in [5, 5.41) is 3.23. The molecule has 0 aliphatic carbocycles. The van der Waals surface area contributed by atoms with Gasteiger partial charge in [-0.25, -0.2) is 0 Å². The first-order valence-electron chi connectivity index (χ1n) is 9.45. The second-order valence-electron chi connectivity index (χ2n) is 7.29. The van der Waals surface area contributed by atoms with Gasteiger partial charge in [-0.2, -0.15) is 0 Å². The summed E-state index contributed by atoms with van der Waals surface area (Å²) in [5.74, 6) is 1.64. The maximum Gasteiger partial charge on any atom is 0.224 e. The molecule has 0 unspecified atom stereocenters. The summed E-state index contributed by atoms with van der Waals surface area (Å²) in [6.45, 7) is 1.40.